The lowest BCUT2D eigenvalue weighted by Gasteiger charge is -2.20. The SMILES string of the molecule is Cc1nccn1CCCN(CC=Cc1ccccc1)C1CC1. The van der Waals surface area contributed by atoms with Gasteiger partial charge in [-0.2, -0.15) is 0 Å². The summed E-state index contributed by atoms with van der Waals surface area (Å²) in [6, 6.07) is 11.4. The lowest BCUT2D eigenvalue weighted by Crippen LogP contribution is -2.28. The van der Waals surface area contributed by atoms with Crippen molar-refractivity contribution in [2.45, 2.75) is 38.8 Å². The number of nitrogens with zero attached hydrogens (tertiary/aromatic N) is 3. The molecule has 1 aromatic heterocycles. The summed E-state index contributed by atoms with van der Waals surface area (Å²) in [5, 5.41) is 0. The third-order valence-corrected chi connectivity index (χ3v) is 4.28. The molecule has 22 heavy (non-hydrogen) atoms. The molecule has 116 valence electrons. The van der Waals surface area contributed by atoms with E-state index in [-0.39, 0.29) is 0 Å². The maximum absolute atomic E-state index is 4.28. The highest BCUT2D eigenvalue weighted by Crippen LogP contribution is 2.26. The fourth-order valence-electron chi connectivity index (χ4n) is 2.84. The van der Waals surface area contributed by atoms with Crippen molar-refractivity contribution in [1.29, 1.82) is 0 Å². The highest BCUT2D eigenvalue weighted by Gasteiger charge is 2.27. The van der Waals surface area contributed by atoms with E-state index in [4.69, 9.17) is 0 Å². The fourth-order valence-corrected chi connectivity index (χ4v) is 2.84. The minimum absolute atomic E-state index is 0.810. The topological polar surface area (TPSA) is 21.1 Å². The van der Waals surface area contributed by atoms with Crippen LogP contribution >= 0.6 is 0 Å². The minimum atomic E-state index is 0.810. The summed E-state index contributed by atoms with van der Waals surface area (Å²) in [5.74, 6) is 1.11. The van der Waals surface area contributed by atoms with Crippen molar-refractivity contribution in [3.05, 3.63) is 60.2 Å². The largest absolute Gasteiger partial charge is 0.335 e. The lowest BCUT2D eigenvalue weighted by molar-refractivity contribution is 0.282. The first-order valence-electron chi connectivity index (χ1n) is 8.26. The molecule has 0 unspecified atom stereocenters. The van der Waals surface area contributed by atoms with Gasteiger partial charge in [-0.25, -0.2) is 4.98 Å². The summed E-state index contributed by atoms with van der Waals surface area (Å²) in [6.45, 7) is 5.36. The molecule has 0 spiro atoms. The Bertz CT molecular complexity index is 596. The van der Waals surface area contributed by atoms with E-state index in [1.807, 2.05) is 6.20 Å². The number of aryl methyl sites for hydroxylation is 2. The predicted octanol–water partition coefficient (Wildman–Crippen LogP) is 3.76. The summed E-state index contributed by atoms with van der Waals surface area (Å²) in [4.78, 5) is 6.90. The van der Waals surface area contributed by atoms with Gasteiger partial charge in [-0.15, -0.1) is 0 Å². The van der Waals surface area contributed by atoms with Crippen LogP contribution in [-0.4, -0.2) is 33.6 Å². The van der Waals surface area contributed by atoms with E-state index in [2.05, 4.69) is 70.1 Å². The second kappa shape index (κ2) is 7.41. The van der Waals surface area contributed by atoms with Crippen LogP contribution in [0.15, 0.2) is 48.8 Å². The first-order chi connectivity index (χ1) is 10.8. The molecule has 0 N–H and O–H groups in total. The molecule has 1 saturated carbocycles. The molecule has 1 aromatic carbocycles. The van der Waals surface area contributed by atoms with Gasteiger partial charge in [-0.3, -0.25) is 4.90 Å². The third-order valence-electron chi connectivity index (χ3n) is 4.28. The Morgan fingerprint density at radius 3 is 2.77 bits per heavy atom. The Hall–Kier alpha value is -1.87. The Labute approximate surface area is 133 Å². The van der Waals surface area contributed by atoms with Crippen molar-refractivity contribution >= 4 is 6.08 Å². The molecule has 3 nitrogen and oxygen atoms in total. The van der Waals surface area contributed by atoms with Gasteiger partial charge in [0.2, 0.25) is 0 Å². The van der Waals surface area contributed by atoms with Crippen LogP contribution in [0.3, 0.4) is 0 Å². The number of hydrogen-bond acceptors (Lipinski definition) is 2. The summed E-state index contributed by atoms with van der Waals surface area (Å²) >= 11 is 0. The highest BCUT2D eigenvalue weighted by molar-refractivity contribution is 5.48. The second-order valence-electron chi connectivity index (χ2n) is 6.06. The average molecular weight is 295 g/mol. The van der Waals surface area contributed by atoms with E-state index in [1.165, 1.54) is 31.4 Å². The maximum atomic E-state index is 4.28. The molecule has 3 rings (SSSR count). The molecule has 3 heteroatoms. The highest BCUT2D eigenvalue weighted by atomic mass is 15.2. The summed E-state index contributed by atoms with van der Waals surface area (Å²) in [6.07, 6.45) is 12.4. The molecule has 0 amide bonds. The van der Waals surface area contributed by atoms with Crippen LogP contribution in [0.25, 0.3) is 6.08 Å². The van der Waals surface area contributed by atoms with E-state index in [0.717, 1.165) is 25.0 Å². The molecule has 0 radical (unpaired) electrons. The van der Waals surface area contributed by atoms with Crippen LogP contribution in [0.5, 0.6) is 0 Å². The molecule has 0 saturated heterocycles. The zero-order valence-electron chi connectivity index (χ0n) is 13.4. The summed E-state index contributed by atoms with van der Waals surface area (Å²) < 4.78 is 2.24. The first kappa shape index (κ1) is 15.0. The molecule has 1 fully saturated rings. The average Bonchev–Trinajstić information content (AvgIpc) is 3.30. The van der Waals surface area contributed by atoms with Gasteiger partial charge in [0.25, 0.3) is 0 Å². The zero-order valence-corrected chi connectivity index (χ0v) is 13.4. The van der Waals surface area contributed by atoms with Crippen molar-refractivity contribution in [2.24, 2.45) is 0 Å². The van der Waals surface area contributed by atoms with E-state index >= 15 is 0 Å². The van der Waals surface area contributed by atoms with Crippen molar-refractivity contribution in [3.63, 3.8) is 0 Å². The number of hydrogen-bond donors (Lipinski definition) is 0. The van der Waals surface area contributed by atoms with Crippen LogP contribution < -0.4 is 0 Å². The molecule has 1 heterocycles. The van der Waals surface area contributed by atoms with Crippen LogP contribution in [-0.2, 0) is 6.54 Å². The van der Waals surface area contributed by atoms with Crippen molar-refractivity contribution in [2.75, 3.05) is 13.1 Å². The summed E-state index contributed by atoms with van der Waals surface area (Å²) in [7, 11) is 0. The van der Waals surface area contributed by atoms with Crippen molar-refractivity contribution in [1.82, 2.24) is 14.5 Å². The first-order valence-corrected chi connectivity index (χ1v) is 8.26. The van der Waals surface area contributed by atoms with Gasteiger partial charge in [0.1, 0.15) is 5.82 Å². The van der Waals surface area contributed by atoms with Gasteiger partial charge in [-0.05, 0) is 31.7 Å². The van der Waals surface area contributed by atoms with Gasteiger partial charge in [0.15, 0.2) is 0 Å². The van der Waals surface area contributed by atoms with E-state index < -0.39 is 0 Å². The molecular formula is C19H25N3. The van der Waals surface area contributed by atoms with Crippen LogP contribution in [0.2, 0.25) is 0 Å². The van der Waals surface area contributed by atoms with E-state index in [9.17, 15) is 0 Å². The van der Waals surface area contributed by atoms with Crippen molar-refractivity contribution < 1.29 is 0 Å². The van der Waals surface area contributed by atoms with Crippen LogP contribution in [0.4, 0.5) is 0 Å². The molecule has 1 aliphatic rings. The predicted molar refractivity (Wildman–Crippen MR) is 91.7 cm³/mol. The Balaban J connectivity index is 1.46. The standard InChI is InChI=1S/C19H25N3/c1-17-20-12-16-21(17)14-6-15-22(19-10-11-19)13-5-9-18-7-3-2-4-8-18/h2-5,7-9,12,16,19H,6,10-11,13-15H2,1H3. The molecule has 0 aliphatic heterocycles. The van der Waals surface area contributed by atoms with Gasteiger partial charge in [0, 0.05) is 38.1 Å². The van der Waals surface area contributed by atoms with E-state index in [0.29, 0.717) is 0 Å². The van der Waals surface area contributed by atoms with E-state index in [1.54, 1.807) is 0 Å². The molecule has 0 bridgehead atoms. The smallest absolute Gasteiger partial charge is 0.105 e. The molecule has 2 aromatic rings. The number of aromatic nitrogens is 2. The quantitative estimate of drug-likeness (QED) is 0.739. The lowest BCUT2D eigenvalue weighted by atomic mass is 10.2. The number of benzene rings is 1. The van der Waals surface area contributed by atoms with Gasteiger partial charge >= 0.3 is 0 Å². The number of rotatable bonds is 8. The number of imidazole rings is 1. The molecule has 0 atom stereocenters. The summed E-state index contributed by atoms with van der Waals surface area (Å²) in [5.41, 5.74) is 1.28. The van der Waals surface area contributed by atoms with Gasteiger partial charge in [0.05, 0.1) is 0 Å². The van der Waals surface area contributed by atoms with Gasteiger partial charge in [-0.1, -0.05) is 42.5 Å². The Kier molecular flexibility index (Phi) is 5.07. The minimum Gasteiger partial charge on any atom is -0.335 e. The Morgan fingerprint density at radius 2 is 2.09 bits per heavy atom. The van der Waals surface area contributed by atoms with Crippen LogP contribution in [0, 0.1) is 6.92 Å². The monoisotopic (exact) mass is 295 g/mol. The normalized spacial score (nSPS) is 15.0. The third kappa shape index (κ3) is 4.31. The molecular weight excluding hydrogens is 270 g/mol. The van der Waals surface area contributed by atoms with Crippen LogP contribution in [0.1, 0.15) is 30.7 Å². The Morgan fingerprint density at radius 1 is 1.27 bits per heavy atom. The maximum Gasteiger partial charge on any atom is 0.105 e. The molecule has 1 aliphatic carbocycles. The zero-order chi connectivity index (χ0) is 15.2. The van der Waals surface area contributed by atoms with Crippen molar-refractivity contribution in [3.8, 4) is 0 Å². The second-order valence-corrected chi connectivity index (χ2v) is 6.06. The fraction of sp³-hybridized carbons (Fsp3) is 0.421. The van der Waals surface area contributed by atoms with Gasteiger partial charge < -0.3 is 4.57 Å².